The van der Waals surface area contributed by atoms with E-state index in [1.807, 2.05) is 13.8 Å². The van der Waals surface area contributed by atoms with Crippen LogP contribution in [0.2, 0.25) is 5.02 Å². The van der Waals surface area contributed by atoms with Crippen LogP contribution in [0.15, 0.2) is 12.1 Å². The smallest absolute Gasteiger partial charge is 0.128 e. The summed E-state index contributed by atoms with van der Waals surface area (Å²) in [5, 5.41) is 0.378. The van der Waals surface area contributed by atoms with Gasteiger partial charge in [0.2, 0.25) is 0 Å². The molecule has 0 saturated heterocycles. The lowest BCUT2D eigenvalue weighted by Gasteiger charge is -2.14. The first-order valence-corrected chi connectivity index (χ1v) is 5.78. The zero-order valence-electron chi connectivity index (χ0n) is 10.0. The largest absolute Gasteiger partial charge is 0.493 e. The van der Waals surface area contributed by atoms with Crippen LogP contribution in [0.5, 0.6) is 5.75 Å². The highest BCUT2D eigenvalue weighted by molar-refractivity contribution is 6.31. The fraction of sp³-hybridized carbons (Fsp3) is 0.500. The van der Waals surface area contributed by atoms with Crippen LogP contribution >= 0.6 is 24.0 Å². The second-order valence-electron chi connectivity index (χ2n) is 3.89. The maximum atomic E-state index is 13.2. The molecule has 2 nitrogen and oxygen atoms in total. The van der Waals surface area contributed by atoms with E-state index in [2.05, 4.69) is 0 Å². The molecule has 98 valence electrons. The van der Waals surface area contributed by atoms with Crippen LogP contribution in [0.25, 0.3) is 0 Å². The molecule has 5 heteroatoms. The summed E-state index contributed by atoms with van der Waals surface area (Å²) in [6.45, 7) is 4.42. The molecule has 0 aromatic heterocycles. The van der Waals surface area contributed by atoms with Crippen molar-refractivity contribution in [3.8, 4) is 5.75 Å². The number of benzene rings is 1. The lowest BCUT2D eigenvalue weighted by atomic mass is 10.1. The van der Waals surface area contributed by atoms with Gasteiger partial charge in [-0.05, 0) is 25.8 Å². The average molecular weight is 282 g/mol. The minimum atomic E-state index is -0.385. The number of hydrogen-bond donors (Lipinski definition) is 1. The van der Waals surface area contributed by atoms with Gasteiger partial charge < -0.3 is 10.5 Å². The highest BCUT2D eigenvalue weighted by Gasteiger charge is 2.12. The van der Waals surface area contributed by atoms with Crippen molar-refractivity contribution in [2.75, 3.05) is 6.61 Å². The summed E-state index contributed by atoms with van der Waals surface area (Å²) in [7, 11) is 0. The van der Waals surface area contributed by atoms with E-state index in [1.54, 1.807) is 0 Å². The van der Waals surface area contributed by atoms with Crippen LogP contribution in [0.4, 0.5) is 4.39 Å². The second kappa shape index (κ2) is 7.75. The molecular weight excluding hydrogens is 264 g/mol. The minimum absolute atomic E-state index is 0. The van der Waals surface area contributed by atoms with Gasteiger partial charge in [-0.25, -0.2) is 4.39 Å². The molecule has 0 aliphatic heterocycles. The summed E-state index contributed by atoms with van der Waals surface area (Å²) in [6, 6.07) is 2.61. The van der Waals surface area contributed by atoms with Crippen LogP contribution in [0.1, 0.15) is 25.8 Å². The summed E-state index contributed by atoms with van der Waals surface area (Å²) in [4.78, 5) is 0. The highest BCUT2D eigenvalue weighted by atomic mass is 35.5. The first-order chi connectivity index (χ1) is 7.54. The summed E-state index contributed by atoms with van der Waals surface area (Å²) in [5.74, 6) is 0.119. The van der Waals surface area contributed by atoms with E-state index >= 15 is 0 Å². The lowest BCUT2D eigenvalue weighted by molar-refractivity contribution is 0.312. The standard InChI is InChI=1S/C12H17ClFNO.ClH/c1-3-4-16-12-7-9(14)6-11(13)10(12)5-8(2)15;/h6-8H,3-5,15H2,1-2H3;1H. The Balaban J connectivity index is 0.00000256. The minimum Gasteiger partial charge on any atom is -0.493 e. The van der Waals surface area contributed by atoms with E-state index < -0.39 is 0 Å². The Labute approximate surface area is 113 Å². The third kappa shape index (κ3) is 5.11. The third-order valence-electron chi connectivity index (χ3n) is 2.11. The van der Waals surface area contributed by atoms with Crippen LogP contribution in [-0.2, 0) is 6.42 Å². The molecule has 2 N–H and O–H groups in total. The Morgan fingerprint density at radius 1 is 1.47 bits per heavy atom. The monoisotopic (exact) mass is 281 g/mol. The van der Waals surface area contributed by atoms with Crippen molar-refractivity contribution in [2.24, 2.45) is 5.73 Å². The van der Waals surface area contributed by atoms with Gasteiger partial charge in [-0.3, -0.25) is 0 Å². The van der Waals surface area contributed by atoms with Crippen molar-refractivity contribution in [1.29, 1.82) is 0 Å². The topological polar surface area (TPSA) is 35.2 Å². The molecule has 1 aromatic carbocycles. The van der Waals surface area contributed by atoms with Gasteiger partial charge in [0.1, 0.15) is 11.6 Å². The van der Waals surface area contributed by atoms with Crippen LogP contribution in [0, 0.1) is 5.82 Å². The van der Waals surface area contributed by atoms with Gasteiger partial charge in [0, 0.05) is 17.7 Å². The maximum absolute atomic E-state index is 13.2. The quantitative estimate of drug-likeness (QED) is 0.895. The zero-order valence-corrected chi connectivity index (χ0v) is 11.6. The number of hydrogen-bond acceptors (Lipinski definition) is 2. The molecule has 0 fully saturated rings. The average Bonchev–Trinajstić information content (AvgIpc) is 2.19. The molecule has 1 rings (SSSR count). The molecule has 0 aliphatic rings. The number of ether oxygens (including phenoxy) is 1. The Morgan fingerprint density at radius 2 is 2.12 bits per heavy atom. The molecule has 0 heterocycles. The van der Waals surface area contributed by atoms with Crippen molar-refractivity contribution in [1.82, 2.24) is 0 Å². The molecule has 1 unspecified atom stereocenters. The van der Waals surface area contributed by atoms with Crippen LogP contribution in [0.3, 0.4) is 0 Å². The van der Waals surface area contributed by atoms with E-state index in [0.29, 0.717) is 23.8 Å². The van der Waals surface area contributed by atoms with Crippen LogP contribution in [-0.4, -0.2) is 12.6 Å². The number of halogens is 3. The van der Waals surface area contributed by atoms with Gasteiger partial charge in [-0.1, -0.05) is 18.5 Å². The first kappa shape index (κ1) is 16.5. The highest BCUT2D eigenvalue weighted by Crippen LogP contribution is 2.29. The summed E-state index contributed by atoms with van der Waals surface area (Å²) < 4.78 is 18.6. The van der Waals surface area contributed by atoms with Crippen LogP contribution < -0.4 is 10.5 Å². The lowest BCUT2D eigenvalue weighted by Crippen LogP contribution is -2.18. The van der Waals surface area contributed by atoms with E-state index in [0.717, 1.165) is 12.0 Å². The molecule has 0 bridgehead atoms. The van der Waals surface area contributed by atoms with Crippen molar-refractivity contribution < 1.29 is 9.13 Å². The Hall–Kier alpha value is -0.510. The molecular formula is C12H18Cl2FNO. The molecule has 1 aromatic rings. The van der Waals surface area contributed by atoms with Gasteiger partial charge in [-0.15, -0.1) is 12.4 Å². The Kier molecular flexibility index (Phi) is 7.51. The van der Waals surface area contributed by atoms with Gasteiger partial charge in [-0.2, -0.15) is 0 Å². The summed E-state index contributed by atoms with van der Waals surface area (Å²) in [5.41, 5.74) is 6.50. The Morgan fingerprint density at radius 3 is 2.65 bits per heavy atom. The summed E-state index contributed by atoms with van der Waals surface area (Å²) >= 11 is 5.98. The fourth-order valence-electron chi connectivity index (χ4n) is 1.44. The maximum Gasteiger partial charge on any atom is 0.128 e. The van der Waals surface area contributed by atoms with Crippen molar-refractivity contribution in [3.63, 3.8) is 0 Å². The van der Waals surface area contributed by atoms with Crippen molar-refractivity contribution in [2.45, 2.75) is 32.7 Å². The van der Waals surface area contributed by atoms with Gasteiger partial charge in [0.15, 0.2) is 0 Å². The molecule has 0 radical (unpaired) electrons. The van der Waals surface area contributed by atoms with Gasteiger partial charge in [0.05, 0.1) is 11.6 Å². The SMILES string of the molecule is CCCOc1cc(F)cc(Cl)c1CC(C)N.Cl. The normalized spacial score (nSPS) is 11.8. The molecule has 1 atom stereocenters. The van der Waals surface area contributed by atoms with Gasteiger partial charge >= 0.3 is 0 Å². The summed E-state index contributed by atoms with van der Waals surface area (Å²) in [6.07, 6.45) is 1.45. The molecule has 0 saturated carbocycles. The zero-order chi connectivity index (χ0) is 12.1. The van der Waals surface area contributed by atoms with Gasteiger partial charge in [0.25, 0.3) is 0 Å². The van der Waals surface area contributed by atoms with E-state index in [-0.39, 0.29) is 24.3 Å². The van der Waals surface area contributed by atoms with E-state index in [1.165, 1.54) is 12.1 Å². The predicted octanol–water partition coefficient (Wildman–Crippen LogP) is 3.58. The first-order valence-electron chi connectivity index (χ1n) is 5.41. The van der Waals surface area contributed by atoms with Crippen molar-refractivity contribution >= 4 is 24.0 Å². The van der Waals surface area contributed by atoms with E-state index in [9.17, 15) is 4.39 Å². The number of nitrogens with two attached hydrogens (primary N) is 1. The molecule has 0 spiro atoms. The predicted molar refractivity (Wildman–Crippen MR) is 71.8 cm³/mol. The Bertz CT molecular complexity index is 359. The fourth-order valence-corrected chi connectivity index (χ4v) is 1.72. The number of rotatable bonds is 5. The van der Waals surface area contributed by atoms with E-state index in [4.69, 9.17) is 22.1 Å². The molecule has 17 heavy (non-hydrogen) atoms. The second-order valence-corrected chi connectivity index (χ2v) is 4.30. The third-order valence-corrected chi connectivity index (χ3v) is 2.44. The van der Waals surface area contributed by atoms with Crippen molar-refractivity contribution in [3.05, 3.63) is 28.5 Å². The molecule has 0 amide bonds. The molecule has 0 aliphatic carbocycles.